The predicted octanol–water partition coefficient (Wildman–Crippen LogP) is 4.57. The molecule has 0 saturated carbocycles. The van der Waals surface area contributed by atoms with Crippen LogP contribution in [-0.2, 0) is 16.0 Å². The molecule has 0 bridgehead atoms. The van der Waals surface area contributed by atoms with Crippen molar-refractivity contribution < 1.29 is 19.1 Å². The normalized spacial score (nSPS) is 16.3. The van der Waals surface area contributed by atoms with E-state index in [9.17, 15) is 14.7 Å². The first-order valence-electron chi connectivity index (χ1n) is 10.4. The second-order valence-corrected chi connectivity index (χ2v) is 7.77. The minimum absolute atomic E-state index is 0.0285. The number of aromatic amines is 1. The summed E-state index contributed by atoms with van der Waals surface area (Å²) >= 11 is 0. The van der Waals surface area contributed by atoms with Gasteiger partial charge in [0.15, 0.2) is 11.5 Å². The van der Waals surface area contributed by atoms with Gasteiger partial charge in [-0.15, -0.1) is 0 Å². The van der Waals surface area contributed by atoms with Crippen molar-refractivity contribution in [1.82, 2.24) is 9.97 Å². The number of imidazole rings is 1. The van der Waals surface area contributed by atoms with Crippen LogP contribution in [0.25, 0.3) is 11.0 Å². The van der Waals surface area contributed by atoms with Gasteiger partial charge >= 0.3 is 0 Å². The van der Waals surface area contributed by atoms with Crippen LogP contribution in [0.2, 0.25) is 0 Å². The summed E-state index contributed by atoms with van der Waals surface area (Å²) < 4.78 is 5.80. The Labute approximate surface area is 184 Å². The zero-order valence-electron chi connectivity index (χ0n) is 17.4. The van der Waals surface area contributed by atoms with Crippen LogP contribution in [0.5, 0.6) is 0 Å². The third kappa shape index (κ3) is 3.37. The maximum Gasteiger partial charge on any atom is 0.296 e. The van der Waals surface area contributed by atoms with E-state index >= 15 is 0 Å². The number of aliphatic hydroxyl groups is 1. The number of anilines is 1. The van der Waals surface area contributed by atoms with E-state index < -0.39 is 17.7 Å². The summed E-state index contributed by atoms with van der Waals surface area (Å²) in [5.74, 6) is -0.290. The molecule has 32 heavy (non-hydrogen) atoms. The first-order valence-corrected chi connectivity index (χ1v) is 10.4. The van der Waals surface area contributed by atoms with Gasteiger partial charge in [-0.1, -0.05) is 42.5 Å². The van der Waals surface area contributed by atoms with E-state index in [2.05, 4.69) is 9.97 Å². The van der Waals surface area contributed by atoms with Gasteiger partial charge in [-0.05, 0) is 43.2 Å². The predicted molar refractivity (Wildman–Crippen MR) is 119 cm³/mol. The molecule has 4 aromatic rings. The number of aryl methyl sites for hydroxylation is 2. The minimum atomic E-state index is -0.903. The Morgan fingerprint density at radius 2 is 1.84 bits per heavy atom. The number of aromatic nitrogens is 2. The molecule has 0 radical (unpaired) electrons. The molecule has 2 aromatic heterocycles. The average molecular weight is 427 g/mol. The molecular formula is C25H21N3O4. The van der Waals surface area contributed by atoms with Crippen LogP contribution in [0.15, 0.2) is 82.5 Å². The van der Waals surface area contributed by atoms with E-state index in [1.54, 1.807) is 19.1 Å². The molecule has 1 unspecified atom stereocenters. The lowest BCUT2D eigenvalue weighted by Gasteiger charge is -2.22. The van der Waals surface area contributed by atoms with Crippen molar-refractivity contribution in [2.24, 2.45) is 0 Å². The quantitative estimate of drug-likeness (QED) is 0.470. The Balaban J connectivity index is 1.54. The molecule has 0 saturated heterocycles. The monoisotopic (exact) mass is 427 g/mol. The summed E-state index contributed by atoms with van der Waals surface area (Å²) in [6.07, 6.45) is 0.653. The molecule has 1 aliphatic rings. The number of ketones is 1. The zero-order chi connectivity index (χ0) is 22.2. The second-order valence-electron chi connectivity index (χ2n) is 7.77. The molecule has 0 spiro atoms. The van der Waals surface area contributed by atoms with E-state index in [0.29, 0.717) is 23.5 Å². The number of aliphatic hydroxyl groups excluding tert-OH is 1. The summed E-state index contributed by atoms with van der Waals surface area (Å²) in [5.41, 5.74) is 2.45. The van der Waals surface area contributed by atoms with Crippen LogP contribution in [0.4, 0.5) is 5.95 Å². The number of carbonyl (C=O) groups excluding carboxylic acids is 2. The fraction of sp³-hybridized carbons (Fsp3) is 0.160. The summed E-state index contributed by atoms with van der Waals surface area (Å²) in [4.78, 5) is 35.3. The van der Waals surface area contributed by atoms with Gasteiger partial charge in [0.05, 0.1) is 16.6 Å². The van der Waals surface area contributed by atoms with Crippen molar-refractivity contribution in [3.63, 3.8) is 0 Å². The number of Topliss-reactive ketones (excluding diaryl/α,β-unsaturated/α-hetero) is 1. The molecule has 160 valence electrons. The van der Waals surface area contributed by atoms with Gasteiger partial charge in [-0.3, -0.25) is 14.5 Å². The number of hydrogen-bond acceptors (Lipinski definition) is 5. The number of para-hydroxylation sites is 2. The summed E-state index contributed by atoms with van der Waals surface area (Å²) in [7, 11) is 0. The van der Waals surface area contributed by atoms with Crippen LogP contribution in [0, 0.1) is 6.92 Å². The van der Waals surface area contributed by atoms with E-state index in [1.165, 1.54) is 4.90 Å². The largest absolute Gasteiger partial charge is 0.503 e. The lowest BCUT2D eigenvalue weighted by molar-refractivity contribution is -0.118. The minimum Gasteiger partial charge on any atom is -0.503 e. The van der Waals surface area contributed by atoms with Gasteiger partial charge in [0.25, 0.3) is 5.91 Å². The van der Waals surface area contributed by atoms with Gasteiger partial charge in [0, 0.05) is 6.42 Å². The third-order valence-electron chi connectivity index (χ3n) is 5.63. The number of benzene rings is 2. The highest BCUT2D eigenvalue weighted by Gasteiger charge is 2.46. The maximum absolute atomic E-state index is 13.2. The van der Waals surface area contributed by atoms with Gasteiger partial charge in [-0.2, -0.15) is 0 Å². The molecule has 2 aromatic carbocycles. The topological polar surface area (TPSA) is 99.4 Å². The molecule has 0 fully saturated rings. The third-order valence-corrected chi connectivity index (χ3v) is 5.63. The van der Waals surface area contributed by atoms with Crippen molar-refractivity contribution in [3.8, 4) is 0 Å². The van der Waals surface area contributed by atoms with Crippen LogP contribution in [0.3, 0.4) is 0 Å². The molecule has 7 heteroatoms. The number of amides is 1. The number of carbonyl (C=O) groups is 2. The van der Waals surface area contributed by atoms with Crippen molar-refractivity contribution in [3.05, 3.63) is 95.1 Å². The summed E-state index contributed by atoms with van der Waals surface area (Å²) in [6.45, 7) is 1.78. The molecule has 2 N–H and O–H groups in total. The Morgan fingerprint density at radius 3 is 2.56 bits per heavy atom. The summed E-state index contributed by atoms with van der Waals surface area (Å²) in [6, 6.07) is 19.6. The number of rotatable bonds is 6. The van der Waals surface area contributed by atoms with Gasteiger partial charge in [0.1, 0.15) is 17.6 Å². The highest BCUT2D eigenvalue weighted by Crippen LogP contribution is 2.41. The van der Waals surface area contributed by atoms with Crippen LogP contribution < -0.4 is 4.90 Å². The standard InChI is InChI=1S/C25H21N3O4/c1-15-11-14-20(32-15)22-21(19(29)13-12-16-7-3-2-4-8-16)23(30)24(31)28(22)25-26-17-9-5-6-10-18(17)27-25/h2-11,14,22,30H,12-13H2,1H3,(H,26,27). The molecule has 1 atom stereocenters. The van der Waals surface area contributed by atoms with E-state index in [1.807, 2.05) is 54.6 Å². The van der Waals surface area contributed by atoms with Crippen molar-refractivity contribution in [2.45, 2.75) is 25.8 Å². The molecular weight excluding hydrogens is 406 g/mol. The lowest BCUT2D eigenvalue weighted by Crippen LogP contribution is -2.31. The van der Waals surface area contributed by atoms with E-state index in [-0.39, 0.29) is 23.7 Å². The number of nitrogens with zero attached hydrogens (tertiary/aromatic N) is 2. The van der Waals surface area contributed by atoms with E-state index in [0.717, 1.165) is 11.1 Å². The number of hydrogen-bond donors (Lipinski definition) is 2. The van der Waals surface area contributed by atoms with Gasteiger partial charge in [0.2, 0.25) is 5.95 Å². The Kier molecular flexibility index (Phi) is 4.86. The van der Waals surface area contributed by atoms with Crippen LogP contribution in [-0.4, -0.2) is 26.8 Å². The first kappa shape index (κ1) is 19.8. The molecule has 3 heterocycles. The highest BCUT2D eigenvalue weighted by molar-refractivity contribution is 6.16. The van der Waals surface area contributed by atoms with Crippen LogP contribution >= 0.6 is 0 Å². The van der Waals surface area contributed by atoms with E-state index in [4.69, 9.17) is 4.42 Å². The number of H-pyrrole nitrogens is 1. The smallest absolute Gasteiger partial charge is 0.296 e. The fourth-order valence-corrected chi connectivity index (χ4v) is 4.07. The van der Waals surface area contributed by atoms with Crippen molar-refractivity contribution in [2.75, 3.05) is 4.90 Å². The zero-order valence-corrected chi connectivity index (χ0v) is 17.4. The Morgan fingerprint density at radius 1 is 1.09 bits per heavy atom. The van der Waals surface area contributed by atoms with Crippen LogP contribution in [0.1, 0.15) is 29.5 Å². The summed E-state index contributed by atoms with van der Waals surface area (Å²) in [5, 5.41) is 10.8. The van der Waals surface area contributed by atoms with Gasteiger partial charge < -0.3 is 14.5 Å². The SMILES string of the molecule is Cc1ccc(C2C(C(=O)CCc3ccccc3)=C(O)C(=O)N2c2nc3ccccc3[nH]2)o1. The maximum atomic E-state index is 13.2. The number of nitrogens with one attached hydrogen (secondary N) is 1. The second kappa shape index (κ2) is 7.85. The molecule has 5 rings (SSSR count). The number of fused-ring (bicyclic) bond motifs is 1. The molecule has 1 amide bonds. The Hall–Kier alpha value is -4.13. The number of furan rings is 1. The Bertz CT molecular complexity index is 1320. The fourth-order valence-electron chi connectivity index (χ4n) is 4.07. The molecule has 1 aliphatic heterocycles. The first-order chi connectivity index (χ1) is 15.5. The molecule has 7 nitrogen and oxygen atoms in total. The lowest BCUT2D eigenvalue weighted by atomic mass is 9.96. The molecule has 0 aliphatic carbocycles. The van der Waals surface area contributed by atoms with Crippen molar-refractivity contribution >= 4 is 28.7 Å². The van der Waals surface area contributed by atoms with Gasteiger partial charge in [-0.25, -0.2) is 4.98 Å². The average Bonchev–Trinajstić information content (AvgIpc) is 3.49. The van der Waals surface area contributed by atoms with Crippen molar-refractivity contribution in [1.29, 1.82) is 0 Å². The highest BCUT2D eigenvalue weighted by atomic mass is 16.3.